The van der Waals surface area contributed by atoms with Crippen LogP contribution >= 0.6 is 0 Å². The van der Waals surface area contributed by atoms with Crippen LogP contribution in [0.15, 0.2) is 54.7 Å². The van der Waals surface area contributed by atoms with Crippen LogP contribution in [0.1, 0.15) is 30.6 Å². The van der Waals surface area contributed by atoms with E-state index in [0.29, 0.717) is 24.5 Å². The first kappa shape index (κ1) is 17.7. The molecule has 0 aliphatic carbocycles. The van der Waals surface area contributed by atoms with E-state index in [9.17, 15) is 4.79 Å². The second-order valence-electron chi connectivity index (χ2n) is 5.75. The number of hydrogen-bond donors (Lipinski definition) is 1. The zero-order chi connectivity index (χ0) is 18.4. The Hall–Kier alpha value is -3.08. The number of aromatic nitrogens is 1. The zero-order valence-electron chi connectivity index (χ0n) is 15.0. The Kier molecular flexibility index (Phi) is 5.69. The summed E-state index contributed by atoms with van der Waals surface area (Å²) in [5.74, 6) is 0.338. The SMILES string of the molecule is CCCOc1ccccc1Nc1c(C(=O)OCC)cnc2ccccc12. The summed E-state index contributed by atoms with van der Waals surface area (Å²) >= 11 is 0. The van der Waals surface area contributed by atoms with Crippen LogP contribution in [0.2, 0.25) is 0 Å². The van der Waals surface area contributed by atoms with Crippen molar-refractivity contribution in [3.63, 3.8) is 0 Å². The number of rotatable bonds is 7. The van der Waals surface area contributed by atoms with Gasteiger partial charge < -0.3 is 14.8 Å². The first-order chi connectivity index (χ1) is 12.7. The lowest BCUT2D eigenvalue weighted by Gasteiger charge is -2.16. The first-order valence-corrected chi connectivity index (χ1v) is 8.78. The molecule has 1 heterocycles. The van der Waals surface area contributed by atoms with Crippen molar-refractivity contribution in [3.05, 3.63) is 60.3 Å². The Balaban J connectivity index is 2.08. The van der Waals surface area contributed by atoms with Crippen molar-refractivity contribution in [3.8, 4) is 5.75 Å². The molecule has 0 radical (unpaired) electrons. The third-order valence-electron chi connectivity index (χ3n) is 3.88. The van der Waals surface area contributed by atoms with Crippen LogP contribution in [-0.2, 0) is 4.74 Å². The molecule has 0 saturated heterocycles. The number of esters is 1. The van der Waals surface area contributed by atoms with E-state index >= 15 is 0 Å². The minimum atomic E-state index is -0.403. The number of nitrogens with zero attached hydrogens (tertiary/aromatic N) is 1. The van der Waals surface area contributed by atoms with E-state index in [1.54, 1.807) is 13.1 Å². The van der Waals surface area contributed by atoms with E-state index in [1.165, 1.54) is 0 Å². The van der Waals surface area contributed by atoms with Gasteiger partial charge in [-0.25, -0.2) is 4.79 Å². The van der Waals surface area contributed by atoms with Crippen molar-refractivity contribution >= 4 is 28.2 Å². The maximum absolute atomic E-state index is 12.4. The van der Waals surface area contributed by atoms with E-state index in [-0.39, 0.29) is 0 Å². The van der Waals surface area contributed by atoms with Gasteiger partial charge in [-0.1, -0.05) is 37.3 Å². The maximum atomic E-state index is 12.4. The largest absolute Gasteiger partial charge is 0.491 e. The van der Waals surface area contributed by atoms with Crippen LogP contribution in [0.5, 0.6) is 5.75 Å². The summed E-state index contributed by atoms with van der Waals surface area (Å²) in [7, 11) is 0. The van der Waals surface area contributed by atoms with E-state index in [1.807, 2.05) is 48.5 Å². The van der Waals surface area contributed by atoms with Crippen molar-refractivity contribution < 1.29 is 14.3 Å². The number of ether oxygens (including phenoxy) is 2. The Morgan fingerprint density at radius 1 is 1.08 bits per heavy atom. The summed E-state index contributed by atoms with van der Waals surface area (Å²) in [6.45, 7) is 4.78. The molecule has 1 N–H and O–H groups in total. The van der Waals surface area contributed by atoms with E-state index in [2.05, 4.69) is 17.2 Å². The molecule has 5 heteroatoms. The lowest BCUT2D eigenvalue weighted by Crippen LogP contribution is -2.10. The summed E-state index contributed by atoms with van der Waals surface area (Å²) in [6, 6.07) is 15.4. The van der Waals surface area contributed by atoms with Gasteiger partial charge >= 0.3 is 5.97 Å². The third-order valence-corrected chi connectivity index (χ3v) is 3.88. The average molecular weight is 350 g/mol. The van der Waals surface area contributed by atoms with Gasteiger partial charge in [0.15, 0.2) is 0 Å². The van der Waals surface area contributed by atoms with Crippen LogP contribution in [0, 0.1) is 0 Å². The number of fused-ring (bicyclic) bond motifs is 1. The zero-order valence-corrected chi connectivity index (χ0v) is 15.0. The van der Waals surface area contributed by atoms with Crippen molar-refractivity contribution in [2.75, 3.05) is 18.5 Å². The molecule has 1 aromatic heterocycles. The van der Waals surface area contributed by atoms with Crippen LogP contribution in [0.25, 0.3) is 10.9 Å². The molecule has 2 aromatic carbocycles. The monoisotopic (exact) mass is 350 g/mol. The van der Waals surface area contributed by atoms with Crippen LogP contribution in [0.3, 0.4) is 0 Å². The summed E-state index contributed by atoms with van der Waals surface area (Å²) < 4.78 is 11.0. The molecule has 3 aromatic rings. The number of pyridine rings is 1. The number of benzene rings is 2. The molecule has 5 nitrogen and oxygen atoms in total. The molecule has 0 fully saturated rings. The van der Waals surface area contributed by atoms with Crippen LogP contribution < -0.4 is 10.1 Å². The van der Waals surface area contributed by atoms with Gasteiger partial charge in [-0.15, -0.1) is 0 Å². The molecule has 0 atom stereocenters. The van der Waals surface area contributed by atoms with Crippen molar-refractivity contribution in [1.29, 1.82) is 0 Å². The Morgan fingerprint density at radius 2 is 1.85 bits per heavy atom. The fraction of sp³-hybridized carbons (Fsp3) is 0.238. The molecule has 0 aliphatic heterocycles. The second kappa shape index (κ2) is 8.34. The van der Waals surface area contributed by atoms with Gasteiger partial charge in [-0.2, -0.15) is 0 Å². The van der Waals surface area contributed by atoms with Gasteiger partial charge in [0.2, 0.25) is 0 Å². The lowest BCUT2D eigenvalue weighted by atomic mass is 10.1. The predicted molar refractivity (Wildman–Crippen MR) is 103 cm³/mol. The molecule has 0 saturated carbocycles. The van der Waals surface area contributed by atoms with E-state index in [0.717, 1.165) is 28.8 Å². The number of nitrogens with one attached hydrogen (secondary N) is 1. The second-order valence-corrected chi connectivity index (χ2v) is 5.75. The fourth-order valence-electron chi connectivity index (χ4n) is 2.68. The fourth-order valence-corrected chi connectivity index (χ4v) is 2.68. The molecule has 0 spiro atoms. The number of carbonyl (C=O) groups is 1. The van der Waals surface area contributed by atoms with Gasteiger partial charge in [0.25, 0.3) is 0 Å². The van der Waals surface area contributed by atoms with Crippen LogP contribution in [-0.4, -0.2) is 24.2 Å². The summed E-state index contributed by atoms with van der Waals surface area (Å²) in [6.07, 6.45) is 2.47. The normalized spacial score (nSPS) is 10.5. The minimum absolute atomic E-state index is 0.307. The molecular formula is C21H22N2O3. The molecular weight excluding hydrogens is 328 g/mol. The lowest BCUT2D eigenvalue weighted by molar-refractivity contribution is 0.0527. The quantitative estimate of drug-likeness (QED) is 0.611. The first-order valence-electron chi connectivity index (χ1n) is 8.78. The molecule has 0 unspecified atom stereocenters. The summed E-state index contributed by atoms with van der Waals surface area (Å²) in [5.41, 5.74) is 2.66. The smallest absolute Gasteiger partial charge is 0.341 e. The molecule has 26 heavy (non-hydrogen) atoms. The van der Waals surface area contributed by atoms with Crippen LogP contribution in [0.4, 0.5) is 11.4 Å². The van der Waals surface area contributed by atoms with Gasteiger partial charge in [-0.3, -0.25) is 4.98 Å². The molecule has 0 bridgehead atoms. The number of hydrogen-bond acceptors (Lipinski definition) is 5. The standard InChI is InChI=1S/C21H22N2O3/c1-3-13-26-19-12-8-7-11-18(19)23-20-15-9-5-6-10-17(15)22-14-16(20)21(24)25-4-2/h5-12,14H,3-4,13H2,1-2H3,(H,22,23). The van der Waals surface area contributed by atoms with Crippen molar-refractivity contribution in [2.24, 2.45) is 0 Å². The molecule has 134 valence electrons. The van der Waals surface area contributed by atoms with Gasteiger partial charge in [0.1, 0.15) is 11.3 Å². The van der Waals surface area contributed by atoms with Gasteiger partial charge in [0.05, 0.1) is 30.1 Å². The number of carbonyl (C=O) groups excluding carboxylic acids is 1. The highest BCUT2D eigenvalue weighted by Gasteiger charge is 2.17. The van der Waals surface area contributed by atoms with Gasteiger partial charge in [-0.05, 0) is 31.5 Å². The summed E-state index contributed by atoms with van der Waals surface area (Å²) in [4.78, 5) is 16.8. The Morgan fingerprint density at radius 3 is 2.65 bits per heavy atom. The minimum Gasteiger partial charge on any atom is -0.491 e. The van der Waals surface area contributed by atoms with E-state index < -0.39 is 5.97 Å². The molecule has 0 amide bonds. The highest BCUT2D eigenvalue weighted by molar-refractivity contribution is 6.06. The molecule has 3 rings (SSSR count). The van der Waals surface area contributed by atoms with E-state index in [4.69, 9.17) is 9.47 Å². The maximum Gasteiger partial charge on any atom is 0.341 e. The molecule has 0 aliphatic rings. The van der Waals surface area contributed by atoms with Gasteiger partial charge in [0, 0.05) is 11.6 Å². The average Bonchev–Trinajstić information content (AvgIpc) is 2.67. The predicted octanol–water partition coefficient (Wildman–Crippen LogP) is 4.94. The Bertz CT molecular complexity index is 909. The number of anilines is 2. The third kappa shape index (κ3) is 3.77. The topological polar surface area (TPSA) is 60.5 Å². The highest BCUT2D eigenvalue weighted by Crippen LogP contribution is 2.33. The summed E-state index contributed by atoms with van der Waals surface area (Å²) in [5, 5.41) is 4.22. The number of para-hydroxylation sites is 3. The highest BCUT2D eigenvalue weighted by atomic mass is 16.5. The van der Waals surface area contributed by atoms with Crippen molar-refractivity contribution in [2.45, 2.75) is 20.3 Å². The Labute approximate surface area is 153 Å². The van der Waals surface area contributed by atoms with Crippen molar-refractivity contribution in [1.82, 2.24) is 4.98 Å².